The van der Waals surface area contributed by atoms with E-state index in [1.165, 1.54) is 4.31 Å². The average molecular weight is 309 g/mol. The lowest BCUT2D eigenvalue weighted by molar-refractivity contribution is -0.132. The number of carbonyl (C=O) groups excluding carboxylic acids is 1. The molecule has 2 heterocycles. The third kappa shape index (κ3) is 2.63. The lowest BCUT2D eigenvalue weighted by Gasteiger charge is -2.31. The molecule has 1 aromatic carbocycles. The molecule has 0 bridgehead atoms. The molecule has 0 aliphatic carbocycles. The van der Waals surface area contributed by atoms with Crippen LogP contribution in [0.2, 0.25) is 0 Å². The zero-order valence-corrected chi connectivity index (χ0v) is 12.8. The highest BCUT2D eigenvalue weighted by Gasteiger charge is 2.31. The van der Waals surface area contributed by atoms with Crippen LogP contribution in [0.4, 0.5) is 5.69 Å². The Balaban J connectivity index is 1.90. The Bertz CT molecular complexity index is 672. The Morgan fingerprint density at radius 1 is 1.24 bits per heavy atom. The molecule has 3 rings (SSSR count). The summed E-state index contributed by atoms with van der Waals surface area (Å²) in [5, 5.41) is 3.26. The van der Waals surface area contributed by atoms with Crippen LogP contribution in [0, 0.1) is 0 Å². The summed E-state index contributed by atoms with van der Waals surface area (Å²) in [7, 11) is -1.90. The molecule has 1 saturated heterocycles. The summed E-state index contributed by atoms with van der Waals surface area (Å²) in [6.45, 7) is 1.63. The van der Waals surface area contributed by atoms with E-state index in [-0.39, 0.29) is 17.3 Å². The largest absolute Gasteiger partial charge is 0.385 e. The second-order valence-electron chi connectivity index (χ2n) is 5.50. The molecule has 1 amide bonds. The van der Waals surface area contributed by atoms with Crippen molar-refractivity contribution in [3.8, 4) is 0 Å². The van der Waals surface area contributed by atoms with Gasteiger partial charge < -0.3 is 10.2 Å². The van der Waals surface area contributed by atoms with Crippen LogP contribution in [0.3, 0.4) is 0 Å². The predicted octanol–water partition coefficient (Wildman–Crippen LogP) is 0.507. The van der Waals surface area contributed by atoms with E-state index in [1.54, 1.807) is 24.1 Å². The fourth-order valence-electron chi connectivity index (χ4n) is 2.70. The molecule has 0 radical (unpaired) electrons. The van der Waals surface area contributed by atoms with Gasteiger partial charge >= 0.3 is 0 Å². The van der Waals surface area contributed by atoms with Gasteiger partial charge in [-0.1, -0.05) is 0 Å². The quantitative estimate of drug-likeness (QED) is 0.864. The van der Waals surface area contributed by atoms with Crippen LogP contribution in [0.1, 0.15) is 12.0 Å². The van der Waals surface area contributed by atoms with Crippen LogP contribution >= 0.6 is 0 Å². The van der Waals surface area contributed by atoms with Crippen LogP contribution in [0.5, 0.6) is 0 Å². The fraction of sp³-hybridized carbons (Fsp3) is 0.500. The van der Waals surface area contributed by atoms with E-state index >= 15 is 0 Å². The first-order chi connectivity index (χ1) is 9.98. The molecule has 2 aliphatic heterocycles. The van der Waals surface area contributed by atoms with Crippen molar-refractivity contribution in [2.45, 2.75) is 17.7 Å². The van der Waals surface area contributed by atoms with E-state index in [0.717, 1.165) is 30.6 Å². The first-order valence-electron chi connectivity index (χ1n) is 7.09. The van der Waals surface area contributed by atoms with Crippen molar-refractivity contribution in [2.75, 3.05) is 38.5 Å². The van der Waals surface area contributed by atoms with Gasteiger partial charge in [0.2, 0.25) is 15.9 Å². The summed E-state index contributed by atoms with van der Waals surface area (Å²) in [5.41, 5.74) is 2.04. The third-order valence-electron chi connectivity index (χ3n) is 4.08. The minimum absolute atomic E-state index is 0.0752. The second-order valence-corrected chi connectivity index (χ2v) is 7.44. The first kappa shape index (κ1) is 14.3. The number of nitrogens with zero attached hydrogens (tertiary/aromatic N) is 2. The highest BCUT2D eigenvalue weighted by molar-refractivity contribution is 7.89. The monoisotopic (exact) mass is 309 g/mol. The summed E-state index contributed by atoms with van der Waals surface area (Å²) in [4.78, 5) is 13.6. The number of benzene rings is 1. The molecule has 2 aliphatic rings. The molecule has 0 atom stereocenters. The molecular formula is C14H19N3O3S. The van der Waals surface area contributed by atoms with Crippen molar-refractivity contribution in [2.24, 2.45) is 0 Å². The Morgan fingerprint density at radius 3 is 2.81 bits per heavy atom. The fourth-order valence-corrected chi connectivity index (χ4v) is 4.13. The van der Waals surface area contributed by atoms with Gasteiger partial charge in [-0.2, -0.15) is 4.31 Å². The SMILES string of the molecule is CN1CCN(S(=O)(=O)c2ccc3c(c2)CCCN3)CC1=O. The maximum atomic E-state index is 12.7. The average Bonchev–Trinajstić information content (AvgIpc) is 2.49. The van der Waals surface area contributed by atoms with Crippen molar-refractivity contribution in [1.82, 2.24) is 9.21 Å². The van der Waals surface area contributed by atoms with Gasteiger partial charge in [-0.15, -0.1) is 0 Å². The van der Waals surface area contributed by atoms with Crippen molar-refractivity contribution in [3.63, 3.8) is 0 Å². The van der Waals surface area contributed by atoms with Crippen molar-refractivity contribution in [3.05, 3.63) is 23.8 Å². The minimum Gasteiger partial charge on any atom is -0.385 e. The summed E-state index contributed by atoms with van der Waals surface area (Å²) < 4.78 is 26.6. The molecule has 21 heavy (non-hydrogen) atoms. The van der Waals surface area contributed by atoms with Gasteiger partial charge in [0.25, 0.3) is 0 Å². The molecule has 1 N–H and O–H groups in total. The molecule has 0 spiro atoms. The van der Waals surface area contributed by atoms with E-state index in [0.29, 0.717) is 13.1 Å². The Morgan fingerprint density at radius 2 is 2.05 bits per heavy atom. The molecule has 7 heteroatoms. The number of rotatable bonds is 2. The molecule has 6 nitrogen and oxygen atoms in total. The van der Waals surface area contributed by atoms with E-state index < -0.39 is 10.0 Å². The molecule has 0 saturated carbocycles. The van der Waals surface area contributed by atoms with Gasteiger partial charge in [-0.05, 0) is 36.6 Å². The number of aryl methyl sites for hydroxylation is 1. The van der Waals surface area contributed by atoms with Crippen LogP contribution < -0.4 is 5.32 Å². The molecule has 114 valence electrons. The first-order valence-corrected chi connectivity index (χ1v) is 8.53. The molecule has 1 aromatic rings. The maximum Gasteiger partial charge on any atom is 0.243 e. The van der Waals surface area contributed by atoms with Crippen LogP contribution in [0.15, 0.2) is 23.1 Å². The summed E-state index contributed by atoms with van der Waals surface area (Å²) >= 11 is 0. The number of likely N-dealkylation sites (N-methyl/N-ethyl adjacent to an activating group) is 1. The summed E-state index contributed by atoms with van der Waals surface area (Å²) in [5.74, 6) is -0.163. The normalized spacial score (nSPS) is 20.0. The number of amides is 1. The molecule has 0 unspecified atom stereocenters. The van der Waals surface area contributed by atoms with Gasteiger partial charge in [-0.3, -0.25) is 4.79 Å². The Kier molecular flexibility index (Phi) is 3.62. The second kappa shape index (κ2) is 5.31. The minimum atomic E-state index is -3.59. The van der Waals surface area contributed by atoms with Crippen molar-refractivity contribution < 1.29 is 13.2 Å². The molecule has 1 fully saturated rings. The van der Waals surface area contributed by atoms with Crippen LogP contribution in [-0.4, -0.2) is 56.8 Å². The van der Waals surface area contributed by atoms with E-state index in [1.807, 2.05) is 6.07 Å². The van der Waals surface area contributed by atoms with E-state index in [4.69, 9.17) is 0 Å². The summed E-state index contributed by atoms with van der Waals surface area (Å²) in [6, 6.07) is 5.17. The van der Waals surface area contributed by atoms with Gasteiger partial charge in [0.05, 0.1) is 11.4 Å². The number of sulfonamides is 1. The zero-order chi connectivity index (χ0) is 15.0. The standard InChI is InChI=1S/C14H19N3O3S/c1-16-7-8-17(10-14(16)18)21(19,20)12-4-5-13-11(9-12)3-2-6-15-13/h4-5,9,15H,2-3,6-8,10H2,1H3. The predicted molar refractivity (Wildman–Crippen MR) is 79.6 cm³/mol. The molecular weight excluding hydrogens is 290 g/mol. The van der Waals surface area contributed by atoms with E-state index in [2.05, 4.69) is 5.32 Å². The van der Waals surface area contributed by atoms with Crippen molar-refractivity contribution in [1.29, 1.82) is 0 Å². The zero-order valence-electron chi connectivity index (χ0n) is 12.0. The number of piperazine rings is 1. The van der Waals surface area contributed by atoms with Crippen LogP contribution in [-0.2, 0) is 21.2 Å². The van der Waals surface area contributed by atoms with Crippen LogP contribution in [0.25, 0.3) is 0 Å². The molecule has 0 aromatic heterocycles. The highest BCUT2D eigenvalue weighted by Crippen LogP contribution is 2.26. The van der Waals surface area contributed by atoms with E-state index in [9.17, 15) is 13.2 Å². The van der Waals surface area contributed by atoms with Crippen molar-refractivity contribution >= 4 is 21.6 Å². The van der Waals surface area contributed by atoms with Gasteiger partial charge in [0, 0.05) is 32.4 Å². The van der Waals surface area contributed by atoms with Gasteiger partial charge in [0.1, 0.15) is 0 Å². The maximum absolute atomic E-state index is 12.7. The number of carbonyl (C=O) groups is 1. The lowest BCUT2D eigenvalue weighted by atomic mass is 10.0. The smallest absolute Gasteiger partial charge is 0.243 e. The highest BCUT2D eigenvalue weighted by atomic mass is 32.2. The summed E-state index contributed by atoms with van der Waals surface area (Å²) in [6.07, 6.45) is 1.89. The number of anilines is 1. The topological polar surface area (TPSA) is 69.7 Å². The third-order valence-corrected chi connectivity index (χ3v) is 5.92. The number of fused-ring (bicyclic) bond motifs is 1. The number of hydrogen-bond donors (Lipinski definition) is 1. The lowest BCUT2D eigenvalue weighted by Crippen LogP contribution is -2.50. The Labute approximate surface area is 124 Å². The number of nitrogens with one attached hydrogen (secondary N) is 1. The van der Waals surface area contributed by atoms with Gasteiger partial charge in [0.15, 0.2) is 0 Å². The Hall–Kier alpha value is -1.60. The number of hydrogen-bond acceptors (Lipinski definition) is 4. The van der Waals surface area contributed by atoms with Gasteiger partial charge in [-0.25, -0.2) is 8.42 Å².